The first-order valence-electron chi connectivity index (χ1n) is 5.19. The van der Waals surface area contributed by atoms with Crippen LogP contribution in [-0.2, 0) is 11.3 Å². The standard InChI is InChI=1S/C12H15N3O/c1-2-11(14)12(16)15-8-10-5-3-4-9(6-10)7-13/h3-6,11H,2,8,14H2,1H3,(H,15,16). The maximum Gasteiger partial charge on any atom is 0.237 e. The van der Waals surface area contributed by atoms with E-state index < -0.39 is 6.04 Å². The van der Waals surface area contributed by atoms with Crippen molar-refractivity contribution in [1.82, 2.24) is 5.32 Å². The third-order valence-corrected chi connectivity index (χ3v) is 2.30. The van der Waals surface area contributed by atoms with Crippen molar-refractivity contribution in [1.29, 1.82) is 5.26 Å². The van der Waals surface area contributed by atoms with Gasteiger partial charge in [-0.25, -0.2) is 0 Å². The molecule has 0 spiro atoms. The van der Waals surface area contributed by atoms with E-state index in [1.807, 2.05) is 13.0 Å². The number of nitrogens with two attached hydrogens (primary N) is 1. The zero-order chi connectivity index (χ0) is 12.0. The fourth-order valence-corrected chi connectivity index (χ4v) is 1.26. The maximum atomic E-state index is 11.4. The van der Waals surface area contributed by atoms with Crippen LogP contribution in [0.2, 0.25) is 0 Å². The molecule has 0 radical (unpaired) electrons. The Morgan fingerprint density at radius 2 is 2.38 bits per heavy atom. The number of rotatable bonds is 4. The molecule has 0 aliphatic carbocycles. The largest absolute Gasteiger partial charge is 0.351 e. The highest BCUT2D eigenvalue weighted by Crippen LogP contribution is 2.03. The number of nitrogens with one attached hydrogen (secondary N) is 1. The van der Waals surface area contributed by atoms with Crippen molar-refractivity contribution in [2.75, 3.05) is 0 Å². The summed E-state index contributed by atoms with van der Waals surface area (Å²) in [5.41, 5.74) is 7.06. The van der Waals surface area contributed by atoms with Crippen LogP contribution < -0.4 is 11.1 Å². The molecule has 4 heteroatoms. The molecule has 1 aromatic rings. The predicted molar refractivity (Wildman–Crippen MR) is 61.3 cm³/mol. The molecule has 84 valence electrons. The molecule has 1 atom stereocenters. The van der Waals surface area contributed by atoms with E-state index in [9.17, 15) is 4.79 Å². The van der Waals surface area contributed by atoms with Crippen molar-refractivity contribution in [3.8, 4) is 6.07 Å². The van der Waals surface area contributed by atoms with Crippen LogP contribution in [-0.4, -0.2) is 11.9 Å². The zero-order valence-corrected chi connectivity index (χ0v) is 9.23. The average Bonchev–Trinajstić information content (AvgIpc) is 2.35. The zero-order valence-electron chi connectivity index (χ0n) is 9.23. The van der Waals surface area contributed by atoms with Gasteiger partial charge in [-0.2, -0.15) is 5.26 Å². The van der Waals surface area contributed by atoms with E-state index in [4.69, 9.17) is 11.0 Å². The molecule has 1 unspecified atom stereocenters. The van der Waals surface area contributed by atoms with Gasteiger partial charge < -0.3 is 11.1 Å². The summed E-state index contributed by atoms with van der Waals surface area (Å²) in [5.74, 6) is -0.162. The van der Waals surface area contributed by atoms with Crippen molar-refractivity contribution in [2.45, 2.75) is 25.9 Å². The minimum Gasteiger partial charge on any atom is -0.351 e. The third-order valence-electron chi connectivity index (χ3n) is 2.30. The summed E-state index contributed by atoms with van der Waals surface area (Å²) in [4.78, 5) is 11.4. The van der Waals surface area contributed by atoms with Crippen LogP contribution in [0.1, 0.15) is 24.5 Å². The molecule has 0 heterocycles. The van der Waals surface area contributed by atoms with Gasteiger partial charge in [0.25, 0.3) is 0 Å². The number of hydrogen-bond donors (Lipinski definition) is 2. The summed E-state index contributed by atoms with van der Waals surface area (Å²) in [6, 6.07) is 8.72. The van der Waals surface area contributed by atoms with Crippen LogP contribution in [0.3, 0.4) is 0 Å². The van der Waals surface area contributed by atoms with Crippen LogP contribution in [0, 0.1) is 11.3 Å². The van der Waals surface area contributed by atoms with Gasteiger partial charge in [-0.05, 0) is 24.1 Å². The maximum absolute atomic E-state index is 11.4. The van der Waals surface area contributed by atoms with Crippen molar-refractivity contribution >= 4 is 5.91 Å². The molecule has 0 fully saturated rings. The molecular weight excluding hydrogens is 202 g/mol. The molecule has 1 amide bonds. The minimum atomic E-state index is -0.459. The molecule has 0 saturated carbocycles. The molecule has 0 saturated heterocycles. The Bertz CT molecular complexity index is 409. The quantitative estimate of drug-likeness (QED) is 0.786. The summed E-state index contributed by atoms with van der Waals surface area (Å²) in [6.07, 6.45) is 0.615. The van der Waals surface area contributed by atoms with E-state index in [0.717, 1.165) is 5.56 Å². The first-order chi connectivity index (χ1) is 7.67. The number of carbonyl (C=O) groups excluding carboxylic acids is 1. The smallest absolute Gasteiger partial charge is 0.237 e. The molecule has 0 bridgehead atoms. The van der Waals surface area contributed by atoms with Crippen LogP contribution >= 0.6 is 0 Å². The molecule has 1 rings (SSSR count). The Balaban J connectivity index is 2.55. The highest BCUT2D eigenvalue weighted by molar-refractivity contribution is 5.81. The number of amides is 1. The van der Waals surface area contributed by atoms with Crippen molar-refractivity contribution in [3.05, 3.63) is 35.4 Å². The summed E-state index contributed by atoms with van der Waals surface area (Å²) in [6.45, 7) is 2.27. The monoisotopic (exact) mass is 217 g/mol. The SMILES string of the molecule is CCC(N)C(=O)NCc1cccc(C#N)c1. The van der Waals surface area contributed by atoms with Gasteiger partial charge in [-0.15, -0.1) is 0 Å². The van der Waals surface area contributed by atoms with E-state index in [-0.39, 0.29) is 5.91 Å². The number of carbonyl (C=O) groups is 1. The Hall–Kier alpha value is -1.86. The van der Waals surface area contributed by atoms with Gasteiger partial charge >= 0.3 is 0 Å². The summed E-state index contributed by atoms with van der Waals surface area (Å²) >= 11 is 0. The topological polar surface area (TPSA) is 78.9 Å². The highest BCUT2D eigenvalue weighted by Gasteiger charge is 2.09. The van der Waals surface area contributed by atoms with Crippen LogP contribution in [0.25, 0.3) is 0 Å². The van der Waals surface area contributed by atoms with Gasteiger partial charge in [0, 0.05) is 6.54 Å². The molecular formula is C12H15N3O. The number of benzene rings is 1. The van der Waals surface area contributed by atoms with Gasteiger partial charge in [0.05, 0.1) is 17.7 Å². The third kappa shape index (κ3) is 3.37. The lowest BCUT2D eigenvalue weighted by Gasteiger charge is -2.09. The molecule has 1 aromatic carbocycles. The Morgan fingerprint density at radius 1 is 1.62 bits per heavy atom. The van der Waals surface area contributed by atoms with Crippen molar-refractivity contribution in [3.63, 3.8) is 0 Å². The summed E-state index contributed by atoms with van der Waals surface area (Å²) in [5, 5.41) is 11.4. The second-order valence-corrected chi connectivity index (χ2v) is 3.54. The van der Waals surface area contributed by atoms with Crippen molar-refractivity contribution in [2.24, 2.45) is 5.73 Å². The van der Waals surface area contributed by atoms with E-state index in [1.165, 1.54) is 0 Å². The fourth-order valence-electron chi connectivity index (χ4n) is 1.26. The Kier molecular flexibility index (Phi) is 4.49. The van der Waals surface area contributed by atoms with E-state index in [2.05, 4.69) is 11.4 Å². The first-order valence-corrected chi connectivity index (χ1v) is 5.19. The minimum absolute atomic E-state index is 0.162. The number of hydrogen-bond acceptors (Lipinski definition) is 3. The first kappa shape index (κ1) is 12.2. The van der Waals surface area contributed by atoms with Gasteiger partial charge in [-0.3, -0.25) is 4.79 Å². The van der Waals surface area contributed by atoms with E-state index in [0.29, 0.717) is 18.5 Å². The van der Waals surface area contributed by atoms with Crippen molar-refractivity contribution < 1.29 is 4.79 Å². The molecule has 0 aromatic heterocycles. The number of nitrogens with zero attached hydrogens (tertiary/aromatic N) is 1. The lowest BCUT2D eigenvalue weighted by Crippen LogP contribution is -2.39. The normalized spacial score (nSPS) is 11.6. The average molecular weight is 217 g/mol. The van der Waals surface area contributed by atoms with Gasteiger partial charge in [-0.1, -0.05) is 19.1 Å². The lowest BCUT2D eigenvalue weighted by atomic mass is 10.1. The lowest BCUT2D eigenvalue weighted by molar-refractivity contribution is -0.122. The van der Waals surface area contributed by atoms with Crippen LogP contribution in [0.5, 0.6) is 0 Å². The van der Waals surface area contributed by atoms with E-state index >= 15 is 0 Å². The van der Waals surface area contributed by atoms with Gasteiger partial charge in [0.1, 0.15) is 0 Å². The van der Waals surface area contributed by atoms with Gasteiger partial charge in [0.15, 0.2) is 0 Å². The Labute approximate surface area is 95.1 Å². The molecule has 16 heavy (non-hydrogen) atoms. The molecule has 0 aliphatic heterocycles. The van der Waals surface area contributed by atoms with Crippen LogP contribution in [0.4, 0.5) is 0 Å². The second-order valence-electron chi connectivity index (χ2n) is 3.54. The van der Waals surface area contributed by atoms with E-state index in [1.54, 1.807) is 18.2 Å². The van der Waals surface area contributed by atoms with Crippen LogP contribution in [0.15, 0.2) is 24.3 Å². The fraction of sp³-hybridized carbons (Fsp3) is 0.333. The molecule has 4 nitrogen and oxygen atoms in total. The summed E-state index contributed by atoms with van der Waals surface area (Å²) in [7, 11) is 0. The number of nitriles is 1. The molecule has 0 aliphatic rings. The van der Waals surface area contributed by atoms with Gasteiger partial charge in [0.2, 0.25) is 5.91 Å². The highest BCUT2D eigenvalue weighted by atomic mass is 16.2. The second kappa shape index (κ2) is 5.89. The Morgan fingerprint density at radius 3 is 3.00 bits per heavy atom. The summed E-state index contributed by atoms with van der Waals surface area (Å²) < 4.78 is 0. The molecule has 3 N–H and O–H groups in total. The predicted octanol–water partition coefficient (Wildman–Crippen LogP) is 0.912.